The van der Waals surface area contributed by atoms with Gasteiger partial charge in [-0.25, -0.2) is 0 Å². The Bertz CT molecular complexity index is 1100. The van der Waals surface area contributed by atoms with E-state index in [0.717, 1.165) is 21.3 Å². The van der Waals surface area contributed by atoms with Crippen molar-refractivity contribution >= 4 is 40.0 Å². The predicted octanol–water partition coefficient (Wildman–Crippen LogP) is 1.69. The van der Waals surface area contributed by atoms with Crippen molar-refractivity contribution in [3.05, 3.63) is 51.3 Å². The average Bonchev–Trinajstić information content (AvgIpc) is 3.37. The molecule has 0 bridgehead atoms. The van der Waals surface area contributed by atoms with Gasteiger partial charge < -0.3 is 15.5 Å². The lowest BCUT2D eigenvalue weighted by Crippen LogP contribution is -2.48. The standard InChI is InChI=1S/C20H21N5O3S/c1-11(23-18(26)12-3-4-15-13(7-12)9-22-24-15)20(28)25-6-5-16-14(10-25)8-17(29-16)19(27)21-2/h3-4,7-9,11H,5-6,10H2,1-2H3,(H,21,27)(H,22,24)(H,23,26)/t11-/m1/s1. The number of nitrogens with one attached hydrogen (secondary N) is 3. The van der Waals surface area contributed by atoms with Crippen LogP contribution in [0.25, 0.3) is 10.9 Å². The van der Waals surface area contributed by atoms with Gasteiger partial charge in [-0.1, -0.05) is 0 Å². The van der Waals surface area contributed by atoms with Crippen LogP contribution in [0.2, 0.25) is 0 Å². The van der Waals surface area contributed by atoms with Gasteiger partial charge in [0.15, 0.2) is 0 Å². The molecule has 0 saturated carbocycles. The van der Waals surface area contributed by atoms with Crippen LogP contribution in [0.4, 0.5) is 0 Å². The van der Waals surface area contributed by atoms with E-state index in [1.807, 2.05) is 6.07 Å². The lowest BCUT2D eigenvalue weighted by Gasteiger charge is -2.29. The Balaban J connectivity index is 1.42. The molecule has 1 aliphatic heterocycles. The number of amides is 3. The predicted molar refractivity (Wildman–Crippen MR) is 110 cm³/mol. The number of nitrogens with zero attached hydrogens (tertiary/aromatic N) is 2. The van der Waals surface area contributed by atoms with Crippen molar-refractivity contribution in [2.45, 2.75) is 25.9 Å². The lowest BCUT2D eigenvalue weighted by atomic mass is 10.1. The maximum Gasteiger partial charge on any atom is 0.261 e. The minimum atomic E-state index is -0.652. The number of carbonyl (C=O) groups is 3. The van der Waals surface area contributed by atoms with Crippen molar-refractivity contribution in [2.75, 3.05) is 13.6 Å². The second-order valence-corrected chi connectivity index (χ2v) is 8.15. The average molecular weight is 411 g/mol. The molecule has 150 valence electrons. The number of thiophene rings is 1. The van der Waals surface area contributed by atoms with Gasteiger partial charge in [-0.15, -0.1) is 11.3 Å². The highest BCUT2D eigenvalue weighted by Gasteiger charge is 2.28. The van der Waals surface area contributed by atoms with Crippen LogP contribution in [0.1, 0.15) is 37.4 Å². The molecule has 9 heteroatoms. The van der Waals surface area contributed by atoms with E-state index in [1.165, 1.54) is 11.3 Å². The highest BCUT2D eigenvalue weighted by molar-refractivity contribution is 7.14. The molecule has 3 amide bonds. The largest absolute Gasteiger partial charge is 0.354 e. The summed E-state index contributed by atoms with van der Waals surface area (Å²) in [6, 6.07) is 6.43. The third kappa shape index (κ3) is 3.73. The third-order valence-corrected chi connectivity index (χ3v) is 6.29. The van der Waals surface area contributed by atoms with Gasteiger partial charge in [0, 0.05) is 36.0 Å². The molecule has 1 atom stereocenters. The molecule has 0 radical (unpaired) electrons. The van der Waals surface area contributed by atoms with Gasteiger partial charge in [0.2, 0.25) is 5.91 Å². The summed E-state index contributed by atoms with van der Waals surface area (Å²) in [5.74, 6) is -0.553. The van der Waals surface area contributed by atoms with E-state index in [2.05, 4.69) is 20.8 Å². The first-order chi connectivity index (χ1) is 14.0. The smallest absolute Gasteiger partial charge is 0.261 e. The number of carbonyl (C=O) groups excluding carboxylic acids is 3. The van der Waals surface area contributed by atoms with Gasteiger partial charge in [0.1, 0.15) is 6.04 Å². The summed E-state index contributed by atoms with van der Waals surface area (Å²) in [6.45, 7) is 2.71. The number of hydrogen-bond acceptors (Lipinski definition) is 5. The van der Waals surface area contributed by atoms with E-state index in [4.69, 9.17) is 0 Å². The SMILES string of the molecule is CNC(=O)c1cc2c(s1)CCN(C(=O)[C@@H](C)NC(=O)c1ccc3[nH]ncc3c1)C2. The fourth-order valence-electron chi connectivity index (χ4n) is 3.46. The Morgan fingerprint density at radius 3 is 2.86 bits per heavy atom. The van der Waals surface area contributed by atoms with Gasteiger partial charge in [0.05, 0.1) is 16.6 Å². The molecule has 0 spiro atoms. The third-order valence-electron chi connectivity index (χ3n) is 5.05. The van der Waals surface area contributed by atoms with Crippen LogP contribution in [-0.2, 0) is 17.8 Å². The maximum atomic E-state index is 12.9. The number of fused-ring (bicyclic) bond motifs is 2. The molecule has 0 fully saturated rings. The molecule has 3 N–H and O–H groups in total. The fraction of sp³-hybridized carbons (Fsp3) is 0.300. The van der Waals surface area contributed by atoms with Crippen LogP contribution in [-0.4, -0.2) is 52.5 Å². The van der Waals surface area contributed by atoms with Crippen molar-refractivity contribution in [1.82, 2.24) is 25.7 Å². The molecule has 1 aliphatic rings. The summed E-state index contributed by atoms with van der Waals surface area (Å²) in [5, 5.41) is 13.0. The highest BCUT2D eigenvalue weighted by Crippen LogP contribution is 2.28. The Labute approximate surface area is 171 Å². The molecular weight excluding hydrogens is 390 g/mol. The first-order valence-electron chi connectivity index (χ1n) is 9.32. The van der Waals surface area contributed by atoms with Crippen LogP contribution in [0, 0.1) is 0 Å². The molecule has 1 aromatic carbocycles. The number of benzene rings is 1. The van der Waals surface area contributed by atoms with Crippen LogP contribution >= 0.6 is 11.3 Å². The topological polar surface area (TPSA) is 107 Å². The zero-order chi connectivity index (χ0) is 20.5. The van der Waals surface area contributed by atoms with Crippen LogP contribution in [0.15, 0.2) is 30.5 Å². The van der Waals surface area contributed by atoms with Crippen molar-refractivity contribution in [2.24, 2.45) is 0 Å². The number of H-pyrrole nitrogens is 1. The number of aromatic amines is 1. The van der Waals surface area contributed by atoms with Crippen molar-refractivity contribution in [3.8, 4) is 0 Å². The van der Waals surface area contributed by atoms with Gasteiger partial charge in [-0.05, 0) is 43.2 Å². The lowest BCUT2D eigenvalue weighted by molar-refractivity contribution is -0.133. The zero-order valence-corrected chi connectivity index (χ0v) is 16.9. The summed E-state index contributed by atoms with van der Waals surface area (Å²) in [5.41, 5.74) is 2.33. The number of hydrogen-bond donors (Lipinski definition) is 3. The molecule has 2 aromatic heterocycles. The molecule has 0 unspecified atom stereocenters. The number of aromatic nitrogens is 2. The normalized spacial score (nSPS) is 14.3. The minimum absolute atomic E-state index is 0.113. The van der Waals surface area contributed by atoms with Gasteiger partial charge in [-0.3, -0.25) is 19.5 Å². The Morgan fingerprint density at radius 2 is 2.07 bits per heavy atom. The van der Waals surface area contributed by atoms with E-state index in [-0.39, 0.29) is 17.7 Å². The molecule has 29 heavy (non-hydrogen) atoms. The minimum Gasteiger partial charge on any atom is -0.354 e. The second kappa shape index (κ2) is 7.67. The molecule has 3 aromatic rings. The van der Waals surface area contributed by atoms with E-state index >= 15 is 0 Å². The summed E-state index contributed by atoms with van der Waals surface area (Å²) in [7, 11) is 1.60. The Kier molecular flexibility index (Phi) is 5.06. The first-order valence-corrected chi connectivity index (χ1v) is 10.1. The maximum absolute atomic E-state index is 12.9. The molecule has 8 nitrogen and oxygen atoms in total. The highest BCUT2D eigenvalue weighted by atomic mass is 32.1. The second-order valence-electron chi connectivity index (χ2n) is 7.02. The molecule has 0 saturated heterocycles. The summed E-state index contributed by atoms with van der Waals surface area (Å²) >= 11 is 1.47. The summed E-state index contributed by atoms with van der Waals surface area (Å²) in [6.07, 6.45) is 2.36. The van der Waals surface area contributed by atoms with Crippen molar-refractivity contribution < 1.29 is 14.4 Å². The monoisotopic (exact) mass is 411 g/mol. The van der Waals surface area contributed by atoms with E-state index in [0.29, 0.717) is 30.0 Å². The van der Waals surface area contributed by atoms with Gasteiger partial charge in [0.25, 0.3) is 11.8 Å². The van der Waals surface area contributed by atoms with Crippen molar-refractivity contribution in [3.63, 3.8) is 0 Å². The molecular formula is C20H21N5O3S. The summed E-state index contributed by atoms with van der Waals surface area (Å²) < 4.78 is 0. The molecule has 0 aliphatic carbocycles. The fourth-order valence-corrected chi connectivity index (χ4v) is 4.57. The molecule has 3 heterocycles. The Hall–Kier alpha value is -3.20. The zero-order valence-electron chi connectivity index (χ0n) is 16.1. The van der Waals surface area contributed by atoms with Crippen LogP contribution < -0.4 is 10.6 Å². The van der Waals surface area contributed by atoms with Crippen LogP contribution in [0.5, 0.6) is 0 Å². The van der Waals surface area contributed by atoms with Crippen molar-refractivity contribution in [1.29, 1.82) is 0 Å². The van der Waals surface area contributed by atoms with E-state index < -0.39 is 6.04 Å². The van der Waals surface area contributed by atoms with Gasteiger partial charge in [-0.2, -0.15) is 5.10 Å². The summed E-state index contributed by atoms with van der Waals surface area (Å²) in [4.78, 5) is 40.8. The van der Waals surface area contributed by atoms with Gasteiger partial charge >= 0.3 is 0 Å². The number of rotatable bonds is 4. The van der Waals surface area contributed by atoms with E-state index in [1.54, 1.807) is 43.3 Å². The van der Waals surface area contributed by atoms with Crippen LogP contribution in [0.3, 0.4) is 0 Å². The quantitative estimate of drug-likeness (QED) is 0.607. The molecule has 4 rings (SSSR count). The first kappa shape index (κ1) is 19.1. The Morgan fingerprint density at radius 1 is 1.24 bits per heavy atom. The van der Waals surface area contributed by atoms with E-state index in [9.17, 15) is 14.4 Å².